The van der Waals surface area contributed by atoms with Gasteiger partial charge in [-0.2, -0.15) is 13.2 Å². The van der Waals surface area contributed by atoms with E-state index in [1.165, 1.54) is 25.3 Å². The molecule has 0 radical (unpaired) electrons. The first kappa shape index (κ1) is 15.5. The van der Waals surface area contributed by atoms with Crippen LogP contribution in [0.5, 0.6) is 0 Å². The fourth-order valence-corrected chi connectivity index (χ4v) is 2.18. The van der Waals surface area contributed by atoms with Gasteiger partial charge in [0.25, 0.3) is 5.91 Å². The first-order valence-corrected chi connectivity index (χ1v) is 6.68. The number of hydrogen-bond acceptors (Lipinski definition) is 2. The minimum atomic E-state index is -4.46. The number of carbonyl (C=O) groups is 1. The van der Waals surface area contributed by atoms with Gasteiger partial charge in [0.2, 0.25) is 0 Å². The third kappa shape index (κ3) is 3.60. The van der Waals surface area contributed by atoms with E-state index in [0.29, 0.717) is 4.47 Å². The van der Waals surface area contributed by atoms with Gasteiger partial charge in [-0.1, -0.05) is 6.07 Å². The summed E-state index contributed by atoms with van der Waals surface area (Å²) in [5.74, 6) is -0.584. The number of halogens is 4. The van der Waals surface area contributed by atoms with Crippen LogP contribution in [0.1, 0.15) is 21.6 Å². The summed E-state index contributed by atoms with van der Waals surface area (Å²) in [6, 6.07) is 6.89. The van der Waals surface area contributed by atoms with Gasteiger partial charge < -0.3 is 5.32 Å². The van der Waals surface area contributed by atoms with Crippen molar-refractivity contribution in [3.05, 3.63) is 57.8 Å². The number of nitrogens with one attached hydrogen (secondary N) is 1. The molecule has 2 aromatic rings. The van der Waals surface area contributed by atoms with Gasteiger partial charge in [0.05, 0.1) is 5.56 Å². The van der Waals surface area contributed by atoms with Gasteiger partial charge in [-0.3, -0.25) is 4.79 Å². The Kier molecular flexibility index (Phi) is 4.32. The summed E-state index contributed by atoms with van der Waals surface area (Å²) in [5.41, 5.74) is -0.512. The zero-order chi connectivity index (χ0) is 15.6. The summed E-state index contributed by atoms with van der Waals surface area (Å²) < 4.78 is 38.9. The molecule has 21 heavy (non-hydrogen) atoms. The molecule has 0 unspecified atom stereocenters. The van der Waals surface area contributed by atoms with Crippen LogP contribution in [0.3, 0.4) is 0 Å². The Morgan fingerprint density at radius 2 is 2.00 bits per heavy atom. The van der Waals surface area contributed by atoms with Crippen LogP contribution in [0.2, 0.25) is 0 Å². The summed E-state index contributed by atoms with van der Waals surface area (Å²) in [5, 5.41) is 2.41. The minimum absolute atomic E-state index is 0.0653. The first-order chi connectivity index (χ1) is 9.79. The van der Waals surface area contributed by atoms with Crippen molar-refractivity contribution in [3.8, 4) is 0 Å². The number of aromatic nitrogens is 1. The summed E-state index contributed by atoms with van der Waals surface area (Å²) in [6.45, 7) is 1.36. The van der Waals surface area contributed by atoms with E-state index in [2.05, 4.69) is 26.2 Å². The Labute approximate surface area is 127 Å². The van der Waals surface area contributed by atoms with E-state index in [4.69, 9.17) is 0 Å². The highest BCUT2D eigenvalue weighted by Gasteiger charge is 2.32. The average molecular weight is 359 g/mol. The summed E-state index contributed by atoms with van der Waals surface area (Å²) >= 11 is 3.16. The van der Waals surface area contributed by atoms with Crippen molar-refractivity contribution >= 4 is 27.5 Å². The number of anilines is 1. The molecule has 1 N–H and O–H groups in total. The van der Waals surface area contributed by atoms with Crippen molar-refractivity contribution in [3.63, 3.8) is 0 Å². The molecular weight excluding hydrogens is 349 g/mol. The van der Waals surface area contributed by atoms with Crippen molar-refractivity contribution in [2.45, 2.75) is 13.1 Å². The van der Waals surface area contributed by atoms with Crippen molar-refractivity contribution in [2.24, 2.45) is 0 Å². The van der Waals surface area contributed by atoms with Crippen LogP contribution in [0.25, 0.3) is 0 Å². The molecule has 3 nitrogen and oxygen atoms in total. The largest absolute Gasteiger partial charge is 0.416 e. The monoisotopic (exact) mass is 358 g/mol. The molecule has 1 amide bonds. The minimum Gasteiger partial charge on any atom is -0.321 e. The molecule has 110 valence electrons. The molecule has 0 aliphatic heterocycles. The summed E-state index contributed by atoms with van der Waals surface area (Å²) in [4.78, 5) is 15.9. The molecule has 0 aliphatic rings. The average Bonchev–Trinajstić information content (AvgIpc) is 2.40. The third-order valence-electron chi connectivity index (χ3n) is 2.77. The standard InChI is InChI=1S/C14H10BrF3N2O/c1-8-4-5-9(7-10(8)14(16,17)18)20-13(21)12-11(15)3-2-6-19-12/h2-7H,1H3,(H,20,21). The molecule has 0 saturated carbocycles. The maximum absolute atomic E-state index is 12.8. The highest BCUT2D eigenvalue weighted by Crippen LogP contribution is 2.33. The van der Waals surface area contributed by atoms with Gasteiger partial charge in [0.1, 0.15) is 5.69 Å². The lowest BCUT2D eigenvalue weighted by Gasteiger charge is -2.13. The normalized spacial score (nSPS) is 11.3. The van der Waals surface area contributed by atoms with Crippen LogP contribution in [0.4, 0.5) is 18.9 Å². The Balaban J connectivity index is 2.29. The van der Waals surface area contributed by atoms with Crippen LogP contribution in [-0.4, -0.2) is 10.9 Å². The molecule has 0 atom stereocenters. The lowest BCUT2D eigenvalue weighted by atomic mass is 10.1. The Bertz CT molecular complexity index is 686. The predicted octanol–water partition coefficient (Wildman–Crippen LogP) is 4.42. The summed E-state index contributed by atoms with van der Waals surface area (Å²) in [6.07, 6.45) is -3.04. The Hall–Kier alpha value is -1.89. The molecule has 7 heteroatoms. The number of nitrogens with zero attached hydrogens (tertiary/aromatic N) is 1. The molecule has 0 saturated heterocycles. The molecule has 1 aromatic carbocycles. The van der Waals surface area contributed by atoms with E-state index in [1.54, 1.807) is 12.1 Å². The number of alkyl halides is 3. The molecule has 0 fully saturated rings. The lowest BCUT2D eigenvalue weighted by molar-refractivity contribution is -0.138. The van der Waals surface area contributed by atoms with Crippen LogP contribution < -0.4 is 5.32 Å². The second kappa shape index (κ2) is 5.85. The van der Waals surface area contributed by atoms with Gasteiger partial charge in [-0.15, -0.1) is 0 Å². The number of aryl methyl sites for hydroxylation is 1. The predicted molar refractivity (Wildman–Crippen MR) is 76.1 cm³/mol. The zero-order valence-corrected chi connectivity index (χ0v) is 12.4. The topological polar surface area (TPSA) is 42.0 Å². The number of benzene rings is 1. The number of carbonyl (C=O) groups excluding carboxylic acids is 1. The lowest BCUT2D eigenvalue weighted by Crippen LogP contribution is -2.15. The SMILES string of the molecule is Cc1ccc(NC(=O)c2ncccc2Br)cc1C(F)(F)F. The Morgan fingerprint density at radius 3 is 2.62 bits per heavy atom. The third-order valence-corrected chi connectivity index (χ3v) is 3.41. The molecular formula is C14H10BrF3N2O. The van der Waals surface area contributed by atoms with Gasteiger partial charge in [0, 0.05) is 16.4 Å². The molecule has 0 bridgehead atoms. The van der Waals surface area contributed by atoms with Crippen LogP contribution in [0.15, 0.2) is 41.0 Å². The molecule has 0 aliphatic carbocycles. The second-order valence-electron chi connectivity index (χ2n) is 4.32. The van der Waals surface area contributed by atoms with E-state index in [1.807, 2.05) is 0 Å². The van der Waals surface area contributed by atoms with Gasteiger partial charge in [-0.25, -0.2) is 4.98 Å². The summed E-state index contributed by atoms with van der Waals surface area (Å²) in [7, 11) is 0. The molecule has 2 rings (SSSR count). The Morgan fingerprint density at radius 1 is 1.29 bits per heavy atom. The fraction of sp³-hybridized carbons (Fsp3) is 0.143. The molecule has 1 aromatic heterocycles. The highest BCUT2D eigenvalue weighted by molar-refractivity contribution is 9.10. The maximum Gasteiger partial charge on any atom is 0.416 e. The van der Waals surface area contributed by atoms with E-state index >= 15 is 0 Å². The molecule has 1 heterocycles. The van der Waals surface area contributed by atoms with Gasteiger partial charge in [-0.05, 0) is 52.7 Å². The van der Waals surface area contributed by atoms with E-state index in [-0.39, 0.29) is 16.9 Å². The van der Waals surface area contributed by atoms with Gasteiger partial charge >= 0.3 is 6.18 Å². The zero-order valence-electron chi connectivity index (χ0n) is 10.8. The van der Waals surface area contributed by atoms with Crippen molar-refractivity contribution in [1.29, 1.82) is 0 Å². The second-order valence-corrected chi connectivity index (χ2v) is 5.17. The van der Waals surface area contributed by atoms with Crippen LogP contribution >= 0.6 is 15.9 Å². The molecule has 0 spiro atoms. The number of hydrogen-bond donors (Lipinski definition) is 1. The van der Waals surface area contributed by atoms with E-state index < -0.39 is 17.6 Å². The quantitative estimate of drug-likeness (QED) is 0.862. The highest BCUT2D eigenvalue weighted by atomic mass is 79.9. The number of rotatable bonds is 2. The van der Waals surface area contributed by atoms with Crippen molar-refractivity contribution < 1.29 is 18.0 Å². The number of pyridine rings is 1. The first-order valence-electron chi connectivity index (χ1n) is 5.89. The van der Waals surface area contributed by atoms with Crippen molar-refractivity contribution in [1.82, 2.24) is 4.98 Å². The van der Waals surface area contributed by atoms with E-state index in [0.717, 1.165) is 6.07 Å². The fourth-order valence-electron chi connectivity index (χ4n) is 1.75. The van der Waals surface area contributed by atoms with Crippen LogP contribution in [-0.2, 0) is 6.18 Å². The van der Waals surface area contributed by atoms with Crippen LogP contribution in [0, 0.1) is 6.92 Å². The number of amides is 1. The van der Waals surface area contributed by atoms with E-state index in [9.17, 15) is 18.0 Å². The van der Waals surface area contributed by atoms with Crippen molar-refractivity contribution in [2.75, 3.05) is 5.32 Å². The van der Waals surface area contributed by atoms with Gasteiger partial charge in [0.15, 0.2) is 0 Å². The smallest absolute Gasteiger partial charge is 0.321 e. The maximum atomic E-state index is 12.8.